The van der Waals surface area contributed by atoms with Gasteiger partial charge in [0.05, 0.1) is 6.61 Å². The summed E-state index contributed by atoms with van der Waals surface area (Å²) in [6.07, 6.45) is 1.49. The number of rotatable bonds is 5. The summed E-state index contributed by atoms with van der Waals surface area (Å²) in [5.41, 5.74) is 6.66. The quantitative estimate of drug-likeness (QED) is 0.517. The maximum Gasteiger partial charge on any atom is 0.343 e. The van der Waals surface area contributed by atoms with E-state index >= 15 is 0 Å². The van der Waals surface area contributed by atoms with Gasteiger partial charge in [-0.2, -0.15) is 0 Å². The van der Waals surface area contributed by atoms with E-state index in [9.17, 15) is 9.18 Å². The van der Waals surface area contributed by atoms with E-state index in [0.717, 1.165) is 6.42 Å². The minimum atomic E-state index is -0.714. The van der Waals surface area contributed by atoms with Gasteiger partial charge in [-0.3, -0.25) is 0 Å². The van der Waals surface area contributed by atoms with Crippen molar-refractivity contribution in [2.24, 2.45) is 0 Å². The van der Waals surface area contributed by atoms with Crippen molar-refractivity contribution in [2.45, 2.75) is 12.8 Å². The summed E-state index contributed by atoms with van der Waals surface area (Å²) in [6, 6.07) is 14.0. The van der Waals surface area contributed by atoms with Crippen LogP contribution in [0.4, 0.5) is 10.1 Å². The second kappa shape index (κ2) is 6.70. The SMILES string of the molecule is Nc1cccc(F)c1C(=O)OCCCc1ccccc1. The Morgan fingerprint density at radius 2 is 1.85 bits per heavy atom. The van der Waals surface area contributed by atoms with Crippen LogP contribution in [0.3, 0.4) is 0 Å². The molecule has 4 heteroatoms. The van der Waals surface area contributed by atoms with Crippen molar-refractivity contribution in [3.8, 4) is 0 Å². The molecule has 0 saturated carbocycles. The lowest BCUT2D eigenvalue weighted by molar-refractivity contribution is 0.0496. The van der Waals surface area contributed by atoms with E-state index < -0.39 is 11.8 Å². The molecular formula is C16H16FNO2. The predicted octanol–water partition coefficient (Wildman–Crippen LogP) is 3.20. The van der Waals surface area contributed by atoms with Gasteiger partial charge < -0.3 is 10.5 Å². The number of benzene rings is 2. The second-order valence-corrected chi connectivity index (χ2v) is 4.43. The molecule has 0 fully saturated rings. The van der Waals surface area contributed by atoms with Gasteiger partial charge in [0.15, 0.2) is 0 Å². The fraction of sp³-hybridized carbons (Fsp3) is 0.188. The molecule has 0 aliphatic carbocycles. The van der Waals surface area contributed by atoms with Gasteiger partial charge in [0.25, 0.3) is 0 Å². The highest BCUT2D eigenvalue weighted by atomic mass is 19.1. The molecule has 0 radical (unpaired) electrons. The third-order valence-corrected chi connectivity index (χ3v) is 2.94. The molecule has 0 amide bonds. The van der Waals surface area contributed by atoms with E-state index in [-0.39, 0.29) is 17.9 Å². The molecule has 0 saturated heterocycles. The molecule has 0 unspecified atom stereocenters. The van der Waals surface area contributed by atoms with Crippen LogP contribution in [0.15, 0.2) is 48.5 Å². The molecule has 3 nitrogen and oxygen atoms in total. The van der Waals surface area contributed by atoms with Crippen LogP contribution < -0.4 is 5.73 Å². The molecule has 0 bridgehead atoms. The number of hydrogen-bond acceptors (Lipinski definition) is 3. The Labute approximate surface area is 117 Å². The lowest BCUT2D eigenvalue weighted by Gasteiger charge is -2.07. The number of carbonyl (C=O) groups is 1. The molecule has 0 spiro atoms. The first kappa shape index (κ1) is 14.1. The first-order chi connectivity index (χ1) is 9.68. The van der Waals surface area contributed by atoms with E-state index in [1.165, 1.54) is 23.8 Å². The number of hydrogen-bond donors (Lipinski definition) is 1. The number of halogens is 1. The predicted molar refractivity (Wildman–Crippen MR) is 75.9 cm³/mol. The normalized spacial score (nSPS) is 10.2. The zero-order valence-electron chi connectivity index (χ0n) is 11.0. The second-order valence-electron chi connectivity index (χ2n) is 4.43. The first-order valence-electron chi connectivity index (χ1n) is 6.43. The molecule has 0 heterocycles. The number of anilines is 1. The summed E-state index contributed by atoms with van der Waals surface area (Å²) in [6.45, 7) is 0.238. The summed E-state index contributed by atoms with van der Waals surface area (Å²) < 4.78 is 18.5. The van der Waals surface area contributed by atoms with Gasteiger partial charge in [-0.15, -0.1) is 0 Å². The molecule has 0 atom stereocenters. The third kappa shape index (κ3) is 3.57. The topological polar surface area (TPSA) is 52.3 Å². The molecule has 2 N–H and O–H groups in total. The Morgan fingerprint density at radius 3 is 2.55 bits per heavy atom. The largest absolute Gasteiger partial charge is 0.462 e. The highest BCUT2D eigenvalue weighted by Gasteiger charge is 2.16. The van der Waals surface area contributed by atoms with Gasteiger partial charge in [-0.25, -0.2) is 9.18 Å². The molecule has 20 heavy (non-hydrogen) atoms. The van der Waals surface area contributed by atoms with Gasteiger partial charge in [0.2, 0.25) is 0 Å². The maximum absolute atomic E-state index is 13.5. The van der Waals surface area contributed by atoms with Gasteiger partial charge in [0, 0.05) is 5.69 Å². The number of esters is 1. The lowest BCUT2D eigenvalue weighted by atomic mass is 10.1. The molecule has 2 aromatic carbocycles. The molecule has 104 valence electrons. The highest BCUT2D eigenvalue weighted by Crippen LogP contribution is 2.16. The minimum absolute atomic E-state index is 0.0954. The highest BCUT2D eigenvalue weighted by molar-refractivity contribution is 5.95. The van der Waals surface area contributed by atoms with E-state index in [1.807, 2.05) is 30.3 Å². The summed E-state index contributed by atoms with van der Waals surface area (Å²) in [4.78, 5) is 11.8. The Kier molecular flexibility index (Phi) is 4.71. The van der Waals surface area contributed by atoms with Crippen LogP contribution in [-0.4, -0.2) is 12.6 Å². The number of nitrogens with two attached hydrogens (primary N) is 1. The van der Waals surface area contributed by atoms with Crippen LogP contribution in [0.1, 0.15) is 22.3 Å². The van der Waals surface area contributed by atoms with Gasteiger partial charge in [0.1, 0.15) is 11.4 Å². The Balaban J connectivity index is 1.84. The van der Waals surface area contributed by atoms with Crippen molar-refractivity contribution in [1.82, 2.24) is 0 Å². The molecule has 0 aliphatic rings. The van der Waals surface area contributed by atoms with Crippen LogP contribution in [0.25, 0.3) is 0 Å². The van der Waals surface area contributed by atoms with Crippen molar-refractivity contribution >= 4 is 11.7 Å². The average Bonchev–Trinajstić information content (AvgIpc) is 2.44. The molecule has 0 aromatic heterocycles. The average molecular weight is 273 g/mol. The van der Waals surface area contributed by atoms with Crippen LogP contribution in [0, 0.1) is 5.82 Å². The van der Waals surface area contributed by atoms with Crippen molar-refractivity contribution in [1.29, 1.82) is 0 Å². The van der Waals surface area contributed by atoms with Crippen molar-refractivity contribution in [2.75, 3.05) is 12.3 Å². The zero-order chi connectivity index (χ0) is 14.4. The zero-order valence-corrected chi connectivity index (χ0v) is 11.0. The number of aryl methyl sites for hydroxylation is 1. The fourth-order valence-electron chi connectivity index (χ4n) is 1.91. The van der Waals surface area contributed by atoms with Crippen molar-refractivity contribution in [3.63, 3.8) is 0 Å². The van der Waals surface area contributed by atoms with Gasteiger partial charge in [-0.1, -0.05) is 36.4 Å². The number of nitrogen functional groups attached to an aromatic ring is 1. The van der Waals surface area contributed by atoms with E-state index in [1.54, 1.807) is 0 Å². The smallest absolute Gasteiger partial charge is 0.343 e. The van der Waals surface area contributed by atoms with Crippen molar-refractivity contribution < 1.29 is 13.9 Å². The van der Waals surface area contributed by atoms with Crippen LogP contribution in [0.5, 0.6) is 0 Å². The maximum atomic E-state index is 13.5. The molecule has 0 aliphatic heterocycles. The lowest BCUT2D eigenvalue weighted by Crippen LogP contribution is -2.11. The van der Waals surface area contributed by atoms with Crippen LogP contribution >= 0.6 is 0 Å². The van der Waals surface area contributed by atoms with Crippen LogP contribution in [0.2, 0.25) is 0 Å². The summed E-state index contributed by atoms with van der Waals surface area (Å²) in [5, 5.41) is 0. The summed E-state index contributed by atoms with van der Waals surface area (Å²) in [5.74, 6) is -1.37. The van der Waals surface area contributed by atoms with Gasteiger partial charge >= 0.3 is 5.97 Å². The third-order valence-electron chi connectivity index (χ3n) is 2.94. The Morgan fingerprint density at radius 1 is 1.10 bits per heavy atom. The monoisotopic (exact) mass is 273 g/mol. The van der Waals surface area contributed by atoms with Gasteiger partial charge in [-0.05, 0) is 30.5 Å². The summed E-state index contributed by atoms with van der Waals surface area (Å²) in [7, 11) is 0. The number of carbonyl (C=O) groups excluding carboxylic acids is 1. The molecular weight excluding hydrogens is 257 g/mol. The number of ether oxygens (including phenoxy) is 1. The molecule has 2 aromatic rings. The van der Waals surface area contributed by atoms with E-state index in [2.05, 4.69) is 0 Å². The van der Waals surface area contributed by atoms with E-state index in [0.29, 0.717) is 6.42 Å². The Hall–Kier alpha value is -2.36. The van der Waals surface area contributed by atoms with Crippen molar-refractivity contribution in [3.05, 3.63) is 65.5 Å². The fourth-order valence-corrected chi connectivity index (χ4v) is 1.91. The molecule has 2 rings (SSSR count). The van der Waals surface area contributed by atoms with Crippen LogP contribution in [-0.2, 0) is 11.2 Å². The first-order valence-corrected chi connectivity index (χ1v) is 6.43. The summed E-state index contributed by atoms with van der Waals surface area (Å²) >= 11 is 0. The van der Waals surface area contributed by atoms with E-state index in [4.69, 9.17) is 10.5 Å². The Bertz CT molecular complexity index is 564. The minimum Gasteiger partial charge on any atom is -0.462 e. The standard InChI is InChI=1S/C16H16FNO2/c17-13-9-4-10-14(18)15(13)16(19)20-11-5-8-12-6-2-1-3-7-12/h1-4,6-7,9-10H,5,8,11,18H2.